The van der Waals surface area contributed by atoms with E-state index in [2.05, 4.69) is 15.5 Å². The number of likely N-dealkylation sites (N-methyl/N-ethyl adjacent to an activating group) is 1. The molecule has 1 aromatic rings. The fourth-order valence-electron chi connectivity index (χ4n) is 1.03. The summed E-state index contributed by atoms with van der Waals surface area (Å²) in [5.41, 5.74) is 5.64. The lowest BCUT2D eigenvalue weighted by Crippen LogP contribution is -2.30. The van der Waals surface area contributed by atoms with E-state index < -0.39 is 12.2 Å². The number of aromatic nitrogens is 2. The first-order valence-electron chi connectivity index (χ1n) is 4.25. The highest BCUT2D eigenvalue weighted by Gasteiger charge is 2.18. The van der Waals surface area contributed by atoms with Crippen LogP contribution >= 0.6 is 0 Å². The van der Waals surface area contributed by atoms with Gasteiger partial charge in [0.05, 0.1) is 11.8 Å². The van der Waals surface area contributed by atoms with Crippen LogP contribution in [0, 0.1) is 0 Å². The second-order valence-corrected chi connectivity index (χ2v) is 2.95. The molecule has 0 aliphatic heterocycles. The Morgan fingerprint density at radius 1 is 1.43 bits per heavy atom. The lowest BCUT2D eigenvalue weighted by molar-refractivity contribution is 0.0172. The summed E-state index contributed by atoms with van der Waals surface area (Å²) in [5.74, 6) is 0.282. The first kappa shape index (κ1) is 10.8. The van der Waals surface area contributed by atoms with Gasteiger partial charge in [-0.25, -0.2) is 0 Å². The zero-order valence-electron chi connectivity index (χ0n) is 7.88. The van der Waals surface area contributed by atoms with Crippen molar-refractivity contribution in [2.75, 3.05) is 19.3 Å². The number of aliphatic hydroxyl groups is 2. The van der Waals surface area contributed by atoms with E-state index in [1.807, 2.05) is 0 Å². The van der Waals surface area contributed by atoms with Crippen molar-refractivity contribution in [2.45, 2.75) is 12.2 Å². The summed E-state index contributed by atoms with van der Waals surface area (Å²) in [6, 6.07) is 3.06. The molecule has 1 heterocycles. The van der Waals surface area contributed by atoms with E-state index in [1.54, 1.807) is 7.05 Å². The van der Waals surface area contributed by atoms with Gasteiger partial charge >= 0.3 is 0 Å². The molecule has 0 saturated carbocycles. The fraction of sp³-hybridized carbons (Fsp3) is 0.500. The summed E-state index contributed by atoms with van der Waals surface area (Å²) in [6.45, 7) is 0.285. The van der Waals surface area contributed by atoms with Crippen molar-refractivity contribution in [1.82, 2.24) is 15.5 Å². The van der Waals surface area contributed by atoms with Crippen LogP contribution in [0.3, 0.4) is 0 Å². The van der Waals surface area contributed by atoms with Crippen molar-refractivity contribution >= 4 is 5.82 Å². The molecule has 2 unspecified atom stereocenters. The molecule has 1 rings (SSSR count). The van der Waals surface area contributed by atoms with E-state index in [4.69, 9.17) is 5.73 Å². The highest BCUT2D eigenvalue weighted by Crippen LogP contribution is 2.13. The molecule has 0 bridgehead atoms. The van der Waals surface area contributed by atoms with Gasteiger partial charge in [-0.3, -0.25) is 0 Å². The van der Waals surface area contributed by atoms with Crippen molar-refractivity contribution in [3.05, 3.63) is 17.8 Å². The minimum absolute atomic E-state index is 0.282. The third kappa shape index (κ3) is 2.63. The Bertz CT molecular complexity index is 277. The average molecular weight is 198 g/mol. The molecule has 2 atom stereocenters. The van der Waals surface area contributed by atoms with E-state index in [0.717, 1.165) is 0 Å². The highest BCUT2D eigenvalue weighted by atomic mass is 16.3. The SMILES string of the molecule is CNCC(O)C(O)c1ccc(N)nn1. The molecule has 0 spiro atoms. The molecular weight excluding hydrogens is 184 g/mol. The monoisotopic (exact) mass is 198 g/mol. The third-order valence-corrected chi connectivity index (χ3v) is 1.79. The molecule has 0 aliphatic rings. The average Bonchev–Trinajstić information content (AvgIpc) is 2.18. The van der Waals surface area contributed by atoms with Crippen LogP contribution < -0.4 is 11.1 Å². The molecule has 1 aromatic heterocycles. The molecule has 0 radical (unpaired) electrons. The smallest absolute Gasteiger partial charge is 0.146 e. The van der Waals surface area contributed by atoms with Gasteiger partial charge in [0, 0.05) is 6.54 Å². The van der Waals surface area contributed by atoms with E-state index in [-0.39, 0.29) is 12.4 Å². The summed E-state index contributed by atoms with van der Waals surface area (Å²) in [4.78, 5) is 0. The third-order valence-electron chi connectivity index (χ3n) is 1.79. The zero-order chi connectivity index (χ0) is 10.6. The molecule has 78 valence electrons. The van der Waals surface area contributed by atoms with Gasteiger partial charge in [0.25, 0.3) is 0 Å². The van der Waals surface area contributed by atoms with Crippen molar-refractivity contribution in [3.8, 4) is 0 Å². The van der Waals surface area contributed by atoms with Gasteiger partial charge in [-0.1, -0.05) is 0 Å². The molecule has 0 aliphatic carbocycles. The van der Waals surface area contributed by atoms with Crippen molar-refractivity contribution in [3.63, 3.8) is 0 Å². The Labute approximate surface area is 81.8 Å². The molecular formula is C8H14N4O2. The van der Waals surface area contributed by atoms with Crippen LogP contribution in [0.25, 0.3) is 0 Å². The largest absolute Gasteiger partial charge is 0.389 e. The van der Waals surface area contributed by atoms with Crippen LogP contribution in [0.1, 0.15) is 11.8 Å². The van der Waals surface area contributed by atoms with Gasteiger partial charge < -0.3 is 21.3 Å². The topological polar surface area (TPSA) is 104 Å². The lowest BCUT2D eigenvalue weighted by atomic mass is 10.1. The quantitative estimate of drug-likeness (QED) is 0.478. The van der Waals surface area contributed by atoms with Crippen LogP contribution in [-0.2, 0) is 0 Å². The number of hydrogen-bond acceptors (Lipinski definition) is 6. The fourth-order valence-corrected chi connectivity index (χ4v) is 1.03. The maximum atomic E-state index is 9.58. The number of rotatable bonds is 4. The molecule has 0 amide bonds. The summed E-state index contributed by atoms with van der Waals surface area (Å²) < 4.78 is 0. The molecule has 6 nitrogen and oxygen atoms in total. The van der Waals surface area contributed by atoms with Crippen molar-refractivity contribution in [2.24, 2.45) is 0 Å². The molecule has 14 heavy (non-hydrogen) atoms. The molecule has 0 aromatic carbocycles. The number of anilines is 1. The predicted molar refractivity (Wildman–Crippen MR) is 51.3 cm³/mol. The first-order chi connectivity index (χ1) is 6.65. The summed E-state index contributed by atoms with van der Waals surface area (Å²) in [6.07, 6.45) is -1.95. The number of nitrogen functional groups attached to an aromatic ring is 1. The normalized spacial score (nSPS) is 15.1. The van der Waals surface area contributed by atoms with E-state index >= 15 is 0 Å². The summed E-state index contributed by atoms with van der Waals surface area (Å²) in [7, 11) is 1.69. The molecule has 5 N–H and O–H groups in total. The standard InChI is InChI=1S/C8H14N4O2/c1-10-4-6(13)8(14)5-2-3-7(9)12-11-5/h2-3,6,8,10,13-14H,4H2,1H3,(H2,9,12). The second-order valence-electron chi connectivity index (χ2n) is 2.95. The number of nitrogens with two attached hydrogens (primary N) is 1. The Balaban J connectivity index is 2.68. The van der Waals surface area contributed by atoms with Gasteiger partial charge in [-0.15, -0.1) is 5.10 Å². The van der Waals surface area contributed by atoms with Crippen LogP contribution in [0.4, 0.5) is 5.82 Å². The van der Waals surface area contributed by atoms with Gasteiger partial charge in [0.15, 0.2) is 0 Å². The van der Waals surface area contributed by atoms with Crippen LogP contribution in [0.15, 0.2) is 12.1 Å². The van der Waals surface area contributed by atoms with Crippen molar-refractivity contribution < 1.29 is 10.2 Å². The van der Waals surface area contributed by atoms with Gasteiger partial charge in [-0.2, -0.15) is 5.10 Å². The van der Waals surface area contributed by atoms with Crippen LogP contribution in [0.5, 0.6) is 0 Å². The summed E-state index contributed by atoms with van der Waals surface area (Å²) in [5, 5.41) is 29.0. The lowest BCUT2D eigenvalue weighted by Gasteiger charge is -2.16. The number of nitrogens with zero attached hydrogens (tertiary/aromatic N) is 2. The second kappa shape index (κ2) is 4.85. The molecule has 6 heteroatoms. The van der Waals surface area contributed by atoms with E-state index in [1.165, 1.54) is 12.1 Å². The maximum absolute atomic E-state index is 9.58. The van der Waals surface area contributed by atoms with Crippen LogP contribution in [0.2, 0.25) is 0 Å². The Morgan fingerprint density at radius 3 is 2.64 bits per heavy atom. The maximum Gasteiger partial charge on any atom is 0.146 e. The minimum atomic E-state index is -1.05. The zero-order valence-corrected chi connectivity index (χ0v) is 7.88. The first-order valence-corrected chi connectivity index (χ1v) is 4.25. The molecule has 0 saturated heterocycles. The van der Waals surface area contributed by atoms with Crippen molar-refractivity contribution in [1.29, 1.82) is 0 Å². The highest BCUT2D eigenvalue weighted by molar-refractivity contribution is 5.26. The minimum Gasteiger partial charge on any atom is -0.389 e. The Hall–Kier alpha value is -1.24. The van der Waals surface area contributed by atoms with Crippen LogP contribution in [-0.4, -0.2) is 40.1 Å². The number of aliphatic hydroxyl groups excluding tert-OH is 2. The predicted octanol–water partition coefficient (Wildman–Crippen LogP) is -1.33. The summed E-state index contributed by atoms with van der Waals surface area (Å²) >= 11 is 0. The van der Waals surface area contributed by atoms with E-state index in [9.17, 15) is 10.2 Å². The molecule has 0 fully saturated rings. The number of nitrogens with one attached hydrogen (secondary N) is 1. The Kier molecular flexibility index (Phi) is 3.75. The Morgan fingerprint density at radius 2 is 2.14 bits per heavy atom. The number of hydrogen-bond donors (Lipinski definition) is 4. The van der Waals surface area contributed by atoms with Gasteiger partial charge in [-0.05, 0) is 19.2 Å². The van der Waals surface area contributed by atoms with Gasteiger partial charge in [0.1, 0.15) is 11.9 Å². The van der Waals surface area contributed by atoms with Gasteiger partial charge in [0.2, 0.25) is 0 Å². The van der Waals surface area contributed by atoms with E-state index in [0.29, 0.717) is 5.69 Å².